The fourth-order valence-electron chi connectivity index (χ4n) is 3.74. The number of carbonyl (C=O) groups is 1. The summed E-state index contributed by atoms with van der Waals surface area (Å²) in [6.07, 6.45) is 7.01. The molecule has 1 amide bonds. The van der Waals surface area contributed by atoms with Crippen molar-refractivity contribution in [3.8, 4) is 0 Å². The van der Waals surface area contributed by atoms with Crippen LogP contribution in [0.25, 0.3) is 11.2 Å². The number of fused-ring (bicyclic) bond motifs is 1. The number of nitrogens with zero attached hydrogens (tertiary/aromatic N) is 4. The summed E-state index contributed by atoms with van der Waals surface area (Å²) in [6.45, 7) is 5.12. The molecule has 1 aliphatic rings. The molecule has 0 aliphatic carbocycles. The van der Waals surface area contributed by atoms with Crippen LogP contribution in [0.1, 0.15) is 31.2 Å². The van der Waals surface area contributed by atoms with Crippen molar-refractivity contribution >= 4 is 29.0 Å². The number of piperidine rings is 1. The Morgan fingerprint density at radius 2 is 2.20 bits per heavy atom. The second kappa shape index (κ2) is 9.56. The zero-order valence-electron chi connectivity index (χ0n) is 17.3. The highest BCUT2D eigenvalue weighted by molar-refractivity contribution is 5.76. The van der Waals surface area contributed by atoms with Crippen LogP contribution in [0.4, 0.5) is 11.8 Å². The number of anilines is 2. The van der Waals surface area contributed by atoms with Gasteiger partial charge in [-0.1, -0.05) is 6.07 Å². The Morgan fingerprint density at radius 1 is 1.27 bits per heavy atom. The molecule has 3 aromatic rings. The largest absolute Gasteiger partial charge is 0.422 e. The molecule has 0 radical (unpaired) electrons. The van der Waals surface area contributed by atoms with Crippen LogP contribution in [0.2, 0.25) is 0 Å². The van der Waals surface area contributed by atoms with Crippen molar-refractivity contribution in [2.24, 2.45) is 5.92 Å². The Labute approximate surface area is 176 Å². The first-order valence-electron chi connectivity index (χ1n) is 10.6. The highest BCUT2D eigenvalue weighted by atomic mass is 16.4. The molecule has 0 saturated carbocycles. The van der Waals surface area contributed by atoms with Gasteiger partial charge in [0, 0.05) is 45.0 Å². The Hall–Kier alpha value is -3.16. The molecule has 1 saturated heterocycles. The van der Waals surface area contributed by atoms with E-state index in [0.717, 1.165) is 50.3 Å². The summed E-state index contributed by atoms with van der Waals surface area (Å²) in [5, 5.41) is 6.30. The van der Waals surface area contributed by atoms with E-state index in [0.29, 0.717) is 36.1 Å². The first-order chi connectivity index (χ1) is 14.7. The molecule has 0 bridgehead atoms. The van der Waals surface area contributed by atoms with Crippen LogP contribution in [0.15, 0.2) is 41.1 Å². The zero-order valence-corrected chi connectivity index (χ0v) is 17.3. The van der Waals surface area contributed by atoms with Gasteiger partial charge in [-0.15, -0.1) is 0 Å². The Morgan fingerprint density at radius 3 is 3.03 bits per heavy atom. The molecule has 1 fully saturated rings. The number of aromatic nitrogens is 3. The van der Waals surface area contributed by atoms with Gasteiger partial charge in [0.15, 0.2) is 5.58 Å². The van der Waals surface area contributed by atoms with Crippen molar-refractivity contribution in [1.82, 2.24) is 20.3 Å². The van der Waals surface area contributed by atoms with E-state index in [1.165, 1.54) is 0 Å². The number of carbonyl (C=O) groups excluding carboxylic acids is 1. The highest BCUT2D eigenvalue weighted by Crippen LogP contribution is 2.26. The topological polar surface area (TPSA) is 96.2 Å². The first kappa shape index (κ1) is 20.1. The average molecular weight is 409 g/mol. The third-order valence-electron chi connectivity index (χ3n) is 5.31. The lowest BCUT2D eigenvalue weighted by atomic mass is 9.94. The number of oxazole rings is 1. The van der Waals surface area contributed by atoms with Gasteiger partial charge in [-0.25, -0.2) is 9.97 Å². The molecule has 3 aromatic heterocycles. The van der Waals surface area contributed by atoms with Gasteiger partial charge < -0.3 is 20.0 Å². The van der Waals surface area contributed by atoms with Gasteiger partial charge in [-0.3, -0.25) is 4.79 Å². The summed E-state index contributed by atoms with van der Waals surface area (Å²) in [6, 6.07) is 8.31. The van der Waals surface area contributed by atoms with E-state index in [1.807, 2.05) is 37.4 Å². The first-order valence-corrected chi connectivity index (χ1v) is 10.6. The van der Waals surface area contributed by atoms with Crippen LogP contribution >= 0.6 is 0 Å². The molecule has 0 spiro atoms. The van der Waals surface area contributed by atoms with E-state index in [2.05, 4.69) is 30.5 Å². The molecule has 4 heterocycles. The summed E-state index contributed by atoms with van der Waals surface area (Å²) in [4.78, 5) is 27.5. The van der Waals surface area contributed by atoms with Crippen LogP contribution in [0.5, 0.6) is 0 Å². The Bertz CT molecular complexity index is 938. The molecule has 1 atom stereocenters. The maximum absolute atomic E-state index is 12.4. The predicted octanol–water partition coefficient (Wildman–Crippen LogP) is 3.15. The predicted molar refractivity (Wildman–Crippen MR) is 116 cm³/mol. The minimum atomic E-state index is 0.106. The molecule has 30 heavy (non-hydrogen) atoms. The monoisotopic (exact) mass is 408 g/mol. The normalized spacial score (nSPS) is 16.6. The number of aryl methyl sites for hydroxylation is 1. The maximum atomic E-state index is 12.4. The van der Waals surface area contributed by atoms with E-state index in [9.17, 15) is 4.79 Å². The summed E-state index contributed by atoms with van der Waals surface area (Å²) >= 11 is 0. The smallest absolute Gasteiger partial charge is 0.299 e. The molecular formula is C22H28N6O2. The SMILES string of the molecule is Cc1ccc(NCCCNC(=O)CC2CCCN(c3nc4ncccc4o3)C2)nc1. The highest BCUT2D eigenvalue weighted by Gasteiger charge is 2.25. The lowest BCUT2D eigenvalue weighted by Crippen LogP contribution is -2.38. The molecule has 0 aromatic carbocycles. The standard InChI is InChI=1S/C22H28N6O2/c1-16-7-8-19(26-14-16)23-10-4-11-24-20(29)13-17-5-3-12-28(15-17)22-27-21-18(30-22)6-2-9-25-21/h2,6-9,14,17H,3-5,10-13,15H2,1H3,(H,23,26)(H,24,29). The van der Waals surface area contributed by atoms with Crippen molar-refractivity contribution in [2.45, 2.75) is 32.6 Å². The van der Waals surface area contributed by atoms with Crippen molar-refractivity contribution < 1.29 is 9.21 Å². The molecule has 1 unspecified atom stereocenters. The zero-order chi connectivity index (χ0) is 20.8. The number of hydrogen-bond donors (Lipinski definition) is 2. The summed E-state index contributed by atoms with van der Waals surface area (Å²) in [5.41, 5.74) is 2.46. The van der Waals surface area contributed by atoms with Crippen molar-refractivity contribution in [3.63, 3.8) is 0 Å². The van der Waals surface area contributed by atoms with Crippen molar-refractivity contribution in [1.29, 1.82) is 0 Å². The average Bonchev–Trinajstić information content (AvgIpc) is 3.19. The maximum Gasteiger partial charge on any atom is 0.299 e. The van der Waals surface area contributed by atoms with Crippen LogP contribution < -0.4 is 15.5 Å². The molecular weight excluding hydrogens is 380 g/mol. The van der Waals surface area contributed by atoms with Gasteiger partial charge in [0.1, 0.15) is 5.82 Å². The summed E-state index contributed by atoms with van der Waals surface area (Å²) in [7, 11) is 0. The van der Waals surface area contributed by atoms with Crippen molar-refractivity contribution in [2.75, 3.05) is 36.4 Å². The van der Waals surface area contributed by atoms with Crippen molar-refractivity contribution in [3.05, 3.63) is 42.2 Å². The number of pyridine rings is 2. The van der Waals surface area contributed by atoms with Gasteiger partial charge in [-0.05, 0) is 55.9 Å². The van der Waals surface area contributed by atoms with Gasteiger partial charge in [0.05, 0.1) is 0 Å². The quantitative estimate of drug-likeness (QED) is 0.553. The van der Waals surface area contributed by atoms with Gasteiger partial charge in [0.25, 0.3) is 6.01 Å². The second-order valence-electron chi connectivity index (χ2n) is 7.83. The number of rotatable bonds is 8. The minimum Gasteiger partial charge on any atom is -0.422 e. The van der Waals surface area contributed by atoms with Crippen LogP contribution in [-0.2, 0) is 4.79 Å². The molecule has 4 rings (SSSR count). The van der Waals surface area contributed by atoms with E-state index < -0.39 is 0 Å². The lowest BCUT2D eigenvalue weighted by Gasteiger charge is -2.31. The third-order valence-corrected chi connectivity index (χ3v) is 5.31. The summed E-state index contributed by atoms with van der Waals surface area (Å²) < 4.78 is 5.84. The minimum absolute atomic E-state index is 0.106. The van der Waals surface area contributed by atoms with Crippen LogP contribution in [0, 0.1) is 12.8 Å². The third kappa shape index (κ3) is 5.25. The van der Waals surface area contributed by atoms with Crippen LogP contribution in [-0.4, -0.2) is 47.0 Å². The Balaban J connectivity index is 1.18. The van der Waals surface area contributed by atoms with E-state index in [4.69, 9.17) is 4.42 Å². The molecule has 1 aliphatic heterocycles. The number of nitrogens with one attached hydrogen (secondary N) is 2. The van der Waals surface area contributed by atoms with Gasteiger partial charge in [-0.2, -0.15) is 4.98 Å². The molecule has 8 heteroatoms. The molecule has 158 valence electrons. The van der Waals surface area contributed by atoms with E-state index in [-0.39, 0.29) is 5.91 Å². The fraction of sp³-hybridized carbons (Fsp3) is 0.455. The lowest BCUT2D eigenvalue weighted by molar-refractivity contribution is -0.122. The fourth-order valence-corrected chi connectivity index (χ4v) is 3.74. The van der Waals surface area contributed by atoms with E-state index >= 15 is 0 Å². The summed E-state index contributed by atoms with van der Waals surface area (Å²) in [5.74, 6) is 1.27. The van der Waals surface area contributed by atoms with Gasteiger partial charge >= 0.3 is 0 Å². The number of amides is 1. The van der Waals surface area contributed by atoms with Crippen LogP contribution in [0.3, 0.4) is 0 Å². The Kier molecular flexibility index (Phi) is 6.41. The van der Waals surface area contributed by atoms with Gasteiger partial charge in [0.2, 0.25) is 11.6 Å². The second-order valence-corrected chi connectivity index (χ2v) is 7.83. The molecule has 2 N–H and O–H groups in total. The number of hydrogen-bond acceptors (Lipinski definition) is 7. The molecule has 8 nitrogen and oxygen atoms in total. The van der Waals surface area contributed by atoms with E-state index in [1.54, 1.807) is 6.20 Å².